The fourth-order valence-electron chi connectivity index (χ4n) is 1.99. The largest absolute Gasteiger partial charge is 0.475 e. The van der Waals surface area contributed by atoms with Crippen LogP contribution >= 0.6 is 7.60 Å². The first kappa shape index (κ1) is 15.7. The van der Waals surface area contributed by atoms with E-state index in [1.807, 2.05) is 0 Å². The van der Waals surface area contributed by atoms with Gasteiger partial charge in [-0.05, 0) is 12.1 Å². The Hall–Kier alpha value is -1.71. The van der Waals surface area contributed by atoms with Crippen molar-refractivity contribution in [3.63, 3.8) is 0 Å². The fraction of sp³-hybridized carbons (Fsp3) is 0.400. The van der Waals surface area contributed by atoms with E-state index in [0.717, 1.165) is 16.8 Å². The number of aliphatic hydroxyl groups is 2. The van der Waals surface area contributed by atoms with Crippen molar-refractivity contribution in [1.82, 2.24) is 9.55 Å². The van der Waals surface area contributed by atoms with E-state index in [-0.39, 0.29) is 12.2 Å². The molecule has 0 saturated carbocycles. The van der Waals surface area contributed by atoms with Crippen molar-refractivity contribution in [2.75, 3.05) is 12.3 Å². The third-order valence-electron chi connectivity index (χ3n) is 3.05. The Labute approximate surface area is 118 Å². The molecule has 21 heavy (non-hydrogen) atoms. The zero-order chi connectivity index (χ0) is 15.8. The molecule has 0 radical (unpaired) electrons. The number of aromatic nitrogens is 2. The Balaban J connectivity index is 2.49. The summed E-state index contributed by atoms with van der Waals surface area (Å²) in [5.74, 6) is -0.0522. The first-order chi connectivity index (χ1) is 9.68. The second kappa shape index (κ2) is 5.24. The highest BCUT2D eigenvalue weighted by atomic mass is 31.2. The maximum absolute atomic E-state index is 11.8. The van der Waals surface area contributed by atoms with Crippen molar-refractivity contribution >= 4 is 13.4 Å². The Bertz CT molecular complexity index is 681. The molecule has 0 spiro atoms. The lowest BCUT2D eigenvalue weighted by atomic mass is 10.0. The zero-order valence-electron chi connectivity index (χ0n) is 10.7. The molecule has 116 valence electrons. The van der Waals surface area contributed by atoms with E-state index in [2.05, 4.69) is 4.98 Å². The second-order valence-corrected chi connectivity index (χ2v) is 5.99. The second-order valence-electron chi connectivity index (χ2n) is 4.46. The number of nitrogens with two attached hydrogens (primary N) is 1. The molecule has 0 saturated heterocycles. The van der Waals surface area contributed by atoms with Crippen LogP contribution in [-0.2, 0) is 15.0 Å². The van der Waals surface area contributed by atoms with E-state index < -0.39 is 37.2 Å². The van der Waals surface area contributed by atoms with Gasteiger partial charge in [0.25, 0.3) is 0 Å². The number of nitrogen functional groups attached to an aromatic ring is 1. The summed E-state index contributed by atoms with van der Waals surface area (Å²) < 4.78 is 16.9. The third-order valence-corrected chi connectivity index (χ3v) is 3.91. The number of nitrogens with zero attached hydrogens (tertiary/aromatic N) is 2. The number of aliphatic hydroxyl groups excluding tert-OH is 1. The van der Waals surface area contributed by atoms with Crippen LogP contribution in [0, 0.1) is 0 Å². The van der Waals surface area contributed by atoms with Crippen molar-refractivity contribution < 1.29 is 29.3 Å². The minimum Gasteiger partial charge on any atom is -0.475 e. The lowest BCUT2D eigenvalue weighted by Gasteiger charge is -2.39. The smallest absolute Gasteiger partial charge is 0.390 e. The topological polar surface area (TPSA) is 168 Å². The summed E-state index contributed by atoms with van der Waals surface area (Å²) in [7, 11) is -4.67. The van der Waals surface area contributed by atoms with Crippen LogP contribution in [0.15, 0.2) is 28.6 Å². The van der Waals surface area contributed by atoms with Crippen molar-refractivity contribution in [3.05, 3.63) is 34.3 Å². The van der Waals surface area contributed by atoms with E-state index in [9.17, 15) is 19.6 Å². The summed E-state index contributed by atoms with van der Waals surface area (Å²) in [5, 5.41) is 19.8. The molecule has 0 unspecified atom stereocenters. The lowest BCUT2D eigenvalue weighted by molar-refractivity contribution is -0.166. The Morgan fingerprint density at radius 2 is 2.24 bits per heavy atom. The molecular formula is C10H14N3O7P. The van der Waals surface area contributed by atoms with Crippen molar-refractivity contribution in [2.45, 2.75) is 18.2 Å². The van der Waals surface area contributed by atoms with Gasteiger partial charge in [0.15, 0.2) is 11.8 Å². The molecule has 0 bridgehead atoms. The average Bonchev–Trinajstić information content (AvgIpc) is 2.37. The van der Waals surface area contributed by atoms with Crippen LogP contribution in [0.25, 0.3) is 0 Å². The van der Waals surface area contributed by atoms with Gasteiger partial charge in [-0.2, -0.15) is 4.98 Å². The van der Waals surface area contributed by atoms with Crippen LogP contribution in [0.4, 0.5) is 5.82 Å². The third kappa shape index (κ3) is 2.85. The van der Waals surface area contributed by atoms with Crippen LogP contribution < -0.4 is 11.4 Å². The predicted molar refractivity (Wildman–Crippen MR) is 69.8 cm³/mol. The summed E-state index contributed by atoms with van der Waals surface area (Å²) in [5.41, 5.74) is 1.76. The first-order valence-corrected chi connectivity index (χ1v) is 7.41. The van der Waals surface area contributed by atoms with E-state index in [1.54, 1.807) is 0 Å². The Morgan fingerprint density at radius 3 is 2.76 bits per heavy atom. The van der Waals surface area contributed by atoms with Gasteiger partial charge < -0.3 is 30.5 Å². The van der Waals surface area contributed by atoms with Gasteiger partial charge in [0.2, 0.25) is 5.50 Å². The van der Waals surface area contributed by atoms with E-state index >= 15 is 0 Å². The molecule has 11 heteroatoms. The van der Waals surface area contributed by atoms with Crippen LogP contribution in [0.1, 0.15) is 6.42 Å². The fourth-order valence-corrected chi connectivity index (χ4v) is 2.59. The Morgan fingerprint density at radius 1 is 1.57 bits per heavy atom. The Kier molecular flexibility index (Phi) is 3.91. The van der Waals surface area contributed by atoms with Gasteiger partial charge in [0.1, 0.15) is 5.82 Å². The molecule has 1 aliphatic heterocycles. The maximum Gasteiger partial charge on any atom is 0.390 e. The minimum absolute atomic E-state index is 0.0522. The van der Waals surface area contributed by atoms with Crippen LogP contribution in [-0.4, -0.2) is 42.3 Å². The summed E-state index contributed by atoms with van der Waals surface area (Å²) in [6.45, 7) is -0.773. The number of anilines is 1. The van der Waals surface area contributed by atoms with Crippen molar-refractivity contribution in [3.8, 4) is 0 Å². The molecule has 0 aliphatic carbocycles. The molecule has 1 aliphatic rings. The summed E-state index contributed by atoms with van der Waals surface area (Å²) in [6, 6.07) is 1.26. The molecule has 2 atom stereocenters. The molecular weight excluding hydrogens is 305 g/mol. The zero-order valence-corrected chi connectivity index (χ0v) is 11.6. The lowest BCUT2D eigenvalue weighted by Crippen LogP contribution is -2.54. The number of rotatable bonds is 3. The van der Waals surface area contributed by atoms with Gasteiger partial charge in [0, 0.05) is 12.6 Å². The predicted octanol–water partition coefficient (Wildman–Crippen LogP) is -1.73. The van der Waals surface area contributed by atoms with Gasteiger partial charge in [-0.25, -0.2) is 4.79 Å². The van der Waals surface area contributed by atoms with Crippen LogP contribution in [0.2, 0.25) is 0 Å². The van der Waals surface area contributed by atoms with Gasteiger partial charge in [-0.3, -0.25) is 9.13 Å². The van der Waals surface area contributed by atoms with Crippen LogP contribution in [0.5, 0.6) is 0 Å². The molecule has 2 heterocycles. The number of hydrogen-bond acceptors (Lipinski definition) is 7. The molecule has 1 aromatic heterocycles. The standard InChI is InChI=1S/C10H14N3O7P/c11-7-2-4-13(9(15)12-7)10(16)3-1-8(21(17,18)19)20-6(10)5-14/h1-2,4,6,14,16H,3,5H2,(H2,11,12,15)(H2,17,18,19)/t6-,10-/m1/s1. The molecule has 0 aromatic carbocycles. The number of ether oxygens (including phenoxy) is 1. The molecule has 10 nitrogen and oxygen atoms in total. The highest BCUT2D eigenvalue weighted by molar-refractivity contribution is 7.56. The molecule has 0 amide bonds. The average molecular weight is 319 g/mol. The number of hydrogen-bond donors (Lipinski definition) is 5. The SMILES string of the molecule is Nc1ccn([C@@]2(O)CC=C(P(=O)(O)O)O[C@@H]2CO)c(=O)n1. The van der Waals surface area contributed by atoms with Gasteiger partial charge in [-0.1, -0.05) is 0 Å². The van der Waals surface area contributed by atoms with E-state index in [1.165, 1.54) is 6.07 Å². The van der Waals surface area contributed by atoms with Crippen molar-refractivity contribution in [2.24, 2.45) is 0 Å². The van der Waals surface area contributed by atoms with E-state index in [0.29, 0.717) is 0 Å². The normalized spacial score (nSPS) is 26.1. The van der Waals surface area contributed by atoms with Gasteiger partial charge >= 0.3 is 13.3 Å². The highest BCUT2D eigenvalue weighted by Gasteiger charge is 2.46. The first-order valence-electron chi connectivity index (χ1n) is 5.80. The van der Waals surface area contributed by atoms with E-state index in [4.69, 9.17) is 20.3 Å². The van der Waals surface area contributed by atoms with Gasteiger partial charge in [0.05, 0.1) is 6.61 Å². The quantitative estimate of drug-likeness (QED) is 0.406. The molecule has 1 aromatic rings. The van der Waals surface area contributed by atoms with Crippen molar-refractivity contribution in [1.29, 1.82) is 0 Å². The molecule has 6 N–H and O–H groups in total. The molecule has 0 fully saturated rings. The highest BCUT2D eigenvalue weighted by Crippen LogP contribution is 2.49. The molecule has 2 rings (SSSR count). The van der Waals surface area contributed by atoms with Crippen LogP contribution in [0.3, 0.4) is 0 Å². The summed E-state index contributed by atoms with van der Waals surface area (Å²) in [4.78, 5) is 33.3. The van der Waals surface area contributed by atoms with Gasteiger partial charge in [-0.15, -0.1) is 0 Å². The minimum atomic E-state index is -4.67. The maximum atomic E-state index is 11.8. The monoisotopic (exact) mass is 319 g/mol. The summed E-state index contributed by atoms with van der Waals surface area (Å²) in [6.07, 6.45) is 0.320. The summed E-state index contributed by atoms with van der Waals surface area (Å²) >= 11 is 0.